The zero-order chi connectivity index (χ0) is 16.2. The normalized spacial score (nSPS) is 9.09. The summed E-state index contributed by atoms with van der Waals surface area (Å²) in [6.45, 7) is 0.461. The van der Waals surface area contributed by atoms with Gasteiger partial charge in [0.2, 0.25) is 0 Å². The summed E-state index contributed by atoms with van der Waals surface area (Å²) in [7, 11) is 0. The van der Waals surface area contributed by atoms with E-state index in [4.69, 9.17) is 14.9 Å². The highest BCUT2D eigenvalue weighted by atomic mass is 16.7. The molecule has 0 radical (unpaired) electrons. The molecule has 0 spiro atoms. The second kappa shape index (κ2) is 9.82. The first-order chi connectivity index (χ1) is 10.6. The van der Waals surface area contributed by atoms with E-state index in [9.17, 15) is 4.79 Å². The lowest BCUT2D eigenvalue weighted by Gasteiger charge is -2.06. The molecular formula is C16H19N3O3. The first-order valence-electron chi connectivity index (χ1n) is 6.55. The molecule has 0 saturated heterocycles. The van der Waals surface area contributed by atoms with Gasteiger partial charge in [0.1, 0.15) is 13.2 Å². The Balaban J connectivity index is 0.000000541. The monoisotopic (exact) mass is 301 g/mol. The average molecular weight is 301 g/mol. The number of hydrogen-bond donors (Lipinski definition) is 3. The minimum Gasteiger partial charge on any atom is -0.429 e. The number of benzene rings is 2. The molecular weight excluding hydrogens is 282 g/mol. The Morgan fingerprint density at radius 2 is 1.14 bits per heavy atom. The Labute approximate surface area is 129 Å². The molecule has 0 heterocycles. The van der Waals surface area contributed by atoms with Crippen molar-refractivity contribution < 1.29 is 14.3 Å². The summed E-state index contributed by atoms with van der Waals surface area (Å²) < 4.78 is 9.98. The molecule has 0 unspecified atom stereocenters. The number of carbonyl (C=O) groups excluding carboxylic acids is 1. The van der Waals surface area contributed by atoms with Crippen LogP contribution in [0, 0.1) is 5.41 Å². The molecule has 2 aromatic rings. The van der Waals surface area contributed by atoms with E-state index in [2.05, 4.69) is 11.5 Å². The van der Waals surface area contributed by atoms with Gasteiger partial charge in [-0.15, -0.1) is 0 Å². The first-order valence-corrected chi connectivity index (χ1v) is 6.55. The van der Waals surface area contributed by atoms with Gasteiger partial charge >= 0.3 is 6.16 Å². The molecule has 116 valence electrons. The minimum absolute atomic E-state index is 0.231. The van der Waals surface area contributed by atoms with Crippen molar-refractivity contribution in [1.29, 1.82) is 5.41 Å². The van der Waals surface area contributed by atoms with Crippen molar-refractivity contribution in [2.45, 2.75) is 13.2 Å². The van der Waals surface area contributed by atoms with Gasteiger partial charge in [-0.3, -0.25) is 5.41 Å². The molecule has 0 bridgehead atoms. The third-order valence-electron chi connectivity index (χ3n) is 2.40. The largest absolute Gasteiger partial charge is 0.508 e. The van der Waals surface area contributed by atoms with Crippen molar-refractivity contribution >= 4 is 12.1 Å². The lowest BCUT2D eigenvalue weighted by atomic mass is 10.2. The maximum atomic E-state index is 11.3. The molecule has 0 saturated carbocycles. The molecule has 22 heavy (non-hydrogen) atoms. The summed E-state index contributed by atoms with van der Waals surface area (Å²) in [6, 6.07) is 19.0. The number of hydrogen-bond acceptors (Lipinski definition) is 4. The highest BCUT2D eigenvalue weighted by Crippen LogP contribution is 2.04. The van der Waals surface area contributed by atoms with Crippen molar-refractivity contribution in [2.75, 3.05) is 0 Å². The van der Waals surface area contributed by atoms with Crippen LogP contribution in [-0.2, 0) is 22.7 Å². The highest BCUT2D eigenvalue weighted by molar-refractivity contribution is 5.71. The summed E-state index contributed by atoms with van der Waals surface area (Å²) in [5, 5.41) is 6.06. The number of nitrogens with two attached hydrogens (primary N) is 2. The lowest BCUT2D eigenvalue weighted by Crippen LogP contribution is -2.20. The van der Waals surface area contributed by atoms with Crippen LogP contribution in [0.1, 0.15) is 11.1 Å². The summed E-state index contributed by atoms with van der Waals surface area (Å²) in [6.07, 6.45) is -0.650. The van der Waals surface area contributed by atoms with Gasteiger partial charge in [-0.2, -0.15) is 0 Å². The van der Waals surface area contributed by atoms with Gasteiger partial charge in [0.05, 0.1) is 0 Å². The van der Waals surface area contributed by atoms with E-state index < -0.39 is 6.16 Å². The van der Waals surface area contributed by atoms with Crippen molar-refractivity contribution in [1.82, 2.24) is 0 Å². The fourth-order valence-electron chi connectivity index (χ4n) is 1.47. The molecule has 6 nitrogen and oxygen atoms in total. The Morgan fingerprint density at radius 1 is 0.818 bits per heavy atom. The highest BCUT2D eigenvalue weighted by Gasteiger charge is 2.04. The van der Waals surface area contributed by atoms with Gasteiger partial charge in [-0.05, 0) is 11.1 Å². The fraction of sp³-hybridized carbons (Fsp3) is 0.125. The third-order valence-corrected chi connectivity index (χ3v) is 2.40. The molecule has 6 heteroatoms. The minimum atomic E-state index is -0.650. The van der Waals surface area contributed by atoms with Gasteiger partial charge in [-0.25, -0.2) is 4.79 Å². The number of ether oxygens (including phenoxy) is 2. The number of nitrogens with one attached hydrogen (secondary N) is 1. The summed E-state index contributed by atoms with van der Waals surface area (Å²) in [5.41, 5.74) is 10.8. The van der Waals surface area contributed by atoms with Gasteiger partial charge < -0.3 is 20.9 Å². The molecule has 5 N–H and O–H groups in total. The smallest absolute Gasteiger partial charge is 0.429 e. The van der Waals surface area contributed by atoms with Gasteiger partial charge in [0.25, 0.3) is 0 Å². The molecule has 0 aromatic heterocycles. The quantitative estimate of drug-likeness (QED) is 0.456. The maximum absolute atomic E-state index is 11.3. The lowest BCUT2D eigenvalue weighted by molar-refractivity contribution is 0.0446. The molecule has 0 atom stereocenters. The van der Waals surface area contributed by atoms with E-state index in [1.54, 1.807) is 0 Å². The zero-order valence-electron chi connectivity index (χ0n) is 12.1. The molecule has 2 rings (SSSR count). The SMILES string of the molecule is N=C(N)N.O=C(OCc1ccccc1)OCc1ccccc1. The van der Waals surface area contributed by atoms with E-state index >= 15 is 0 Å². The third kappa shape index (κ3) is 8.21. The van der Waals surface area contributed by atoms with Crippen LogP contribution >= 0.6 is 0 Å². The van der Waals surface area contributed by atoms with Gasteiger partial charge in [-0.1, -0.05) is 60.7 Å². The molecule has 0 aliphatic heterocycles. The number of rotatable bonds is 4. The van der Waals surface area contributed by atoms with E-state index in [0.717, 1.165) is 11.1 Å². The predicted octanol–water partition coefficient (Wildman–Crippen LogP) is 2.38. The van der Waals surface area contributed by atoms with Crippen LogP contribution in [0.3, 0.4) is 0 Å². The Hall–Kier alpha value is -3.02. The summed E-state index contributed by atoms with van der Waals surface area (Å²) in [4.78, 5) is 11.3. The summed E-state index contributed by atoms with van der Waals surface area (Å²) in [5.74, 6) is -0.333. The predicted molar refractivity (Wildman–Crippen MR) is 84.0 cm³/mol. The second-order valence-corrected chi connectivity index (χ2v) is 4.25. The van der Waals surface area contributed by atoms with Crippen LogP contribution in [0.2, 0.25) is 0 Å². The van der Waals surface area contributed by atoms with E-state index in [-0.39, 0.29) is 19.2 Å². The van der Waals surface area contributed by atoms with Crippen molar-refractivity contribution in [3.05, 3.63) is 71.8 Å². The maximum Gasteiger partial charge on any atom is 0.508 e. The molecule has 0 aliphatic rings. The van der Waals surface area contributed by atoms with Crippen LogP contribution in [0.5, 0.6) is 0 Å². The van der Waals surface area contributed by atoms with Crippen molar-refractivity contribution in [2.24, 2.45) is 11.5 Å². The van der Waals surface area contributed by atoms with Crippen LogP contribution in [0.15, 0.2) is 60.7 Å². The molecule has 2 aromatic carbocycles. The van der Waals surface area contributed by atoms with Crippen LogP contribution < -0.4 is 11.5 Å². The van der Waals surface area contributed by atoms with Gasteiger partial charge in [0.15, 0.2) is 5.96 Å². The van der Waals surface area contributed by atoms with E-state index in [1.165, 1.54) is 0 Å². The van der Waals surface area contributed by atoms with E-state index in [1.807, 2.05) is 60.7 Å². The van der Waals surface area contributed by atoms with Crippen LogP contribution in [-0.4, -0.2) is 12.1 Å². The number of guanidine groups is 1. The van der Waals surface area contributed by atoms with Crippen LogP contribution in [0.25, 0.3) is 0 Å². The first kappa shape index (κ1) is 17.0. The topological polar surface area (TPSA) is 111 Å². The Kier molecular flexibility index (Phi) is 7.60. The van der Waals surface area contributed by atoms with E-state index in [0.29, 0.717) is 0 Å². The summed E-state index contributed by atoms with van der Waals surface area (Å²) >= 11 is 0. The zero-order valence-corrected chi connectivity index (χ0v) is 12.1. The molecule has 0 amide bonds. The standard InChI is InChI=1S/C15H14O3.CH5N3/c16-15(17-11-13-7-3-1-4-8-13)18-12-14-9-5-2-6-10-14;2-1(3)4/h1-10H,11-12H2;(H5,2,3,4). The molecule has 0 fully saturated rings. The second-order valence-electron chi connectivity index (χ2n) is 4.25. The fourth-order valence-corrected chi connectivity index (χ4v) is 1.47. The average Bonchev–Trinajstić information content (AvgIpc) is 2.52. The van der Waals surface area contributed by atoms with Gasteiger partial charge in [0, 0.05) is 0 Å². The Bertz CT molecular complexity index is 524. The Morgan fingerprint density at radius 3 is 1.45 bits per heavy atom. The molecule has 0 aliphatic carbocycles. The van der Waals surface area contributed by atoms with Crippen LogP contribution in [0.4, 0.5) is 4.79 Å². The number of carbonyl (C=O) groups is 1. The van der Waals surface area contributed by atoms with Crippen molar-refractivity contribution in [3.8, 4) is 0 Å². The van der Waals surface area contributed by atoms with Crippen molar-refractivity contribution in [3.63, 3.8) is 0 Å².